The van der Waals surface area contributed by atoms with Gasteiger partial charge in [-0.3, -0.25) is 0 Å². The molecule has 0 radical (unpaired) electrons. The van der Waals surface area contributed by atoms with Gasteiger partial charge in [-0.2, -0.15) is 0 Å². The van der Waals surface area contributed by atoms with Crippen LogP contribution in [0.3, 0.4) is 0 Å². The second-order valence-electron chi connectivity index (χ2n) is 7.67. The topological polar surface area (TPSA) is 20.2 Å². The van der Waals surface area contributed by atoms with E-state index in [2.05, 4.69) is 56.1 Å². The number of alkyl halides is 1. The summed E-state index contributed by atoms with van der Waals surface area (Å²) >= 11 is 5.97. The molecule has 0 amide bonds. The molecule has 0 bridgehead atoms. The van der Waals surface area contributed by atoms with E-state index in [4.69, 9.17) is 11.6 Å². The van der Waals surface area contributed by atoms with Crippen LogP contribution < -0.4 is 5.19 Å². The average Bonchev–Trinajstić information content (AvgIpc) is 2.66. The van der Waals surface area contributed by atoms with Gasteiger partial charge in [0, 0.05) is 5.88 Å². The Labute approximate surface area is 167 Å². The second-order valence-corrected chi connectivity index (χ2v) is 12.5. The molecular formula is C23H37ClOSi. The molecule has 0 unspecified atom stereocenters. The molecule has 0 saturated carbocycles. The predicted molar refractivity (Wildman–Crippen MR) is 119 cm³/mol. The number of hydrogen-bond acceptors (Lipinski definition) is 1. The molecule has 146 valence electrons. The Morgan fingerprint density at radius 2 is 1.62 bits per heavy atom. The van der Waals surface area contributed by atoms with Crippen molar-refractivity contribution < 1.29 is 5.11 Å². The molecule has 26 heavy (non-hydrogen) atoms. The van der Waals surface area contributed by atoms with Gasteiger partial charge in [0.15, 0.2) is 0 Å². The van der Waals surface area contributed by atoms with Crippen molar-refractivity contribution >= 4 is 24.9 Å². The van der Waals surface area contributed by atoms with Gasteiger partial charge in [-0.1, -0.05) is 87.6 Å². The van der Waals surface area contributed by atoms with Gasteiger partial charge in [-0.25, -0.2) is 0 Å². The molecule has 1 aromatic carbocycles. The first-order valence-electron chi connectivity index (χ1n) is 10.3. The summed E-state index contributed by atoms with van der Waals surface area (Å²) < 4.78 is 0. The van der Waals surface area contributed by atoms with E-state index in [1.165, 1.54) is 42.5 Å². The quantitative estimate of drug-likeness (QED) is 0.179. The molecule has 0 aromatic heterocycles. The molecule has 0 heterocycles. The lowest BCUT2D eigenvalue weighted by Gasteiger charge is -2.25. The summed E-state index contributed by atoms with van der Waals surface area (Å²) in [7, 11) is -1.78. The molecule has 0 fully saturated rings. The van der Waals surface area contributed by atoms with E-state index < -0.39 is 8.07 Å². The standard InChI is InChI=1S/C23H37ClOSi/c1-4-5-6-7-8-10-14-21(20-25)19-23(17-13-18-24)26(2,3)22-15-11-9-12-16-22/h9,11-12,15-16,25H,4-8,10,13-14,17-18,20H2,1-3H3. The van der Waals surface area contributed by atoms with Gasteiger partial charge in [0.25, 0.3) is 0 Å². The van der Waals surface area contributed by atoms with Crippen molar-refractivity contribution in [3.8, 4) is 0 Å². The molecule has 1 N–H and O–H groups in total. The van der Waals surface area contributed by atoms with Crippen molar-refractivity contribution in [1.82, 2.24) is 0 Å². The van der Waals surface area contributed by atoms with Crippen LogP contribution in [0.15, 0.2) is 46.8 Å². The maximum Gasteiger partial charge on any atom is 0.116 e. The van der Waals surface area contributed by atoms with Gasteiger partial charge >= 0.3 is 0 Å². The minimum atomic E-state index is -1.78. The van der Waals surface area contributed by atoms with Gasteiger partial charge in [0.2, 0.25) is 0 Å². The van der Waals surface area contributed by atoms with Crippen molar-refractivity contribution in [3.05, 3.63) is 46.8 Å². The van der Waals surface area contributed by atoms with Crippen molar-refractivity contribution in [3.63, 3.8) is 0 Å². The summed E-state index contributed by atoms with van der Waals surface area (Å²) in [5.74, 6) is 0.677. The molecule has 1 aromatic rings. The molecule has 0 saturated heterocycles. The molecule has 3 heteroatoms. The SMILES string of the molecule is CCCCCCCCC(=C=C(CCCCl)[Si](C)(C)c1ccccc1)CO. The van der Waals surface area contributed by atoms with Crippen LogP contribution in [0.4, 0.5) is 0 Å². The summed E-state index contributed by atoms with van der Waals surface area (Å²) in [6, 6.07) is 10.8. The van der Waals surface area contributed by atoms with Crippen LogP contribution in [0, 0.1) is 0 Å². The smallest absolute Gasteiger partial charge is 0.116 e. The van der Waals surface area contributed by atoms with Crippen molar-refractivity contribution in [2.24, 2.45) is 0 Å². The van der Waals surface area contributed by atoms with E-state index in [1.54, 1.807) is 0 Å². The first-order chi connectivity index (χ1) is 12.6. The first-order valence-corrected chi connectivity index (χ1v) is 13.8. The van der Waals surface area contributed by atoms with Crippen LogP contribution in [-0.4, -0.2) is 25.7 Å². The van der Waals surface area contributed by atoms with E-state index in [0.29, 0.717) is 5.88 Å². The van der Waals surface area contributed by atoms with Crippen molar-refractivity contribution in [2.75, 3.05) is 12.5 Å². The molecular weight excluding hydrogens is 356 g/mol. The fraction of sp³-hybridized carbons (Fsp3) is 0.609. The maximum atomic E-state index is 9.85. The largest absolute Gasteiger partial charge is 0.391 e. The van der Waals surface area contributed by atoms with Crippen molar-refractivity contribution in [2.45, 2.75) is 77.8 Å². The third-order valence-corrected chi connectivity index (χ3v) is 9.09. The highest BCUT2D eigenvalue weighted by atomic mass is 35.5. The molecule has 0 aliphatic heterocycles. The van der Waals surface area contributed by atoms with E-state index in [1.807, 2.05) is 0 Å². The fourth-order valence-electron chi connectivity index (χ4n) is 3.32. The summed E-state index contributed by atoms with van der Waals surface area (Å²) in [6.45, 7) is 7.15. The third kappa shape index (κ3) is 8.27. The van der Waals surface area contributed by atoms with Crippen LogP contribution in [0.25, 0.3) is 0 Å². The Balaban J connectivity index is 2.93. The number of aliphatic hydroxyl groups excluding tert-OH is 1. The van der Waals surface area contributed by atoms with E-state index in [0.717, 1.165) is 31.3 Å². The van der Waals surface area contributed by atoms with Gasteiger partial charge in [0.05, 0.1) is 6.61 Å². The van der Waals surface area contributed by atoms with Crippen LogP contribution in [-0.2, 0) is 0 Å². The zero-order chi connectivity index (χ0) is 19.3. The Bertz CT molecular complexity index is 559. The van der Waals surface area contributed by atoms with Crippen LogP contribution in [0.2, 0.25) is 13.1 Å². The first kappa shape index (κ1) is 23.2. The molecule has 0 atom stereocenters. The highest BCUT2D eigenvalue weighted by Crippen LogP contribution is 2.21. The molecule has 0 aliphatic carbocycles. The van der Waals surface area contributed by atoms with Crippen LogP contribution >= 0.6 is 11.6 Å². The fourth-order valence-corrected chi connectivity index (χ4v) is 6.12. The average molecular weight is 393 g/mol. The van der Waals surface area contributed by atoms with Crippen molar-refractivity contribution in [1.29, 1.82) is 0 Å². The van der Waals surface area contributed by atoms with Gasteiger partial charge in [0.1, 0.15) is 8.07 Å². The summed E-state index contributed by atoms with van der Waals surface area (Å²) in [5.41, 5.74) is 4.74. The van der Waals surface area contributed by atoms with Gasteiger partial charge < -0.3 is 5.11 Å². The maximum absolute atomic E-state index is 9.85. The number of hydrogen-bond donors (Lipinski definition) is 1. The van der Waals surface area contributed by atoms with Crippen LogP contribution in [0.5, 0.6) is 0 Å². The van der Waals surface area contributed by atoms with Gasteiger partial charge in [-0.15, -0.1) is 17.3 Å². The summed E-state index contributed by atoms with van der Waals surface area (Å²) in [6.07, 6.45) is 10.6. The number of benzene rings is 1. The Morgan fingerprint density at radius 3 is 2.23 bits per heavy atom. The number of unbranched alkanes of at least 4 members (excludes halogenated alkanes) is 5. The lowest BCUT2D eigenvalue weighted by Crippen LogP contribution is -2.43. The van der Waals surface area contributed by atoms with Gasteiger partial charge in [-0.05, 0) is 36.5 Å². The predicted octanol–water partition coefficient (Wildman–Crippen LogP) is 6.35. The minimum Gasteiger partial charge on any atom is -0.391 e. The molecule has 0 aliphatic rings. The Hall–Kier alpha value is -0.793. The number of halogens is 1. The normalized spacial score (nSPS) is 11.3. The third-order valence-electron chi connectivity index (χ3n) is 5.16. The van der Waals surface area contributed by atoms with E-state index in [9.17, 15) is 5.11 Å². The highest BCUT2D eigenvalue weighted by Gasteiger charge is 2.28. The zero-order valence-corrected chi connectivity index (χ0v) is 18.7. The highest BCUT2D eigenvalue weighted by molar-refractivity contribution is 6.95. The Morgan fingerprint density at radius 1 is 0.962 bits per heavy atom. The van der Waals surface area contributed by atoms with E-state index in [-0.39, 0.29) is 6.61 Å². The zero-order valence-electron chi connectivity index (χ0n) is 17.0. The Kier molecular flexibility index (Phi) is 12.0. The van der Waals surface area contributed by atoms with Crippen LogP contribution in [0.1, 0.15) is 64.7 Å². The molecule has 1 rings (SSSR count). The number of rotatable bonds is 13. The molecule has 1 nitrogen and oxygen atoms in total. The molecule has 0 spiro atoms. The van der Waals surface area contributed by atoms with E-state index >= 15 is 0 Å². The summed E-state index contributed by atoms with van der Waals surface area (Å²) in [5, 5.41) is 12.7. The monoisotopic (exact) mass is 392 g/mol. The minimum absolute atomic E-state index is 0.124. The number of aliphatic hydroxyl groups is 1. The second kappa shape index (κ2) is 13.4. The summed E-state index contributed by atoms with van der Waals surface area (Å²) in [4.78, 5) is 0. The lowest BCUT2D eigenvalue weighted by atomic mass is 10.1. The lowest BCUT2D eigenvalue weighted by molar-refractivity contribution is 0.325.